The molecule has 0 spiro atoms. The van der Waals surface area contributed by atoms with Crippen LogP contribution in [0.4, 0.5) is 0 Å². The maximum atomic E-state index is 12.5. The Kier molecular flexibility index (Phi) is 3.10. The van der Waals surface area contributed by atoms with Crippen LogP contribution in [0.25, 0.3) is 17.0 Å². The molecule has 0 unspecified atom stereocenters. The van der Waals surface area contributed by atoms with E-state index >= 15 is 0 Å². The highest BCUT2D eigenvalue weighted by atomic mass is 16.4. The van der Waals surface area contributed by atoms with Crippen molar-refractivity contribution >= 4 is 17.0 Å². The predicted octanol–water partition coefficient (Wildman–Crippen LogP) is 2.28. The molecule has 0 amide bonds. The summed E-state index contributed by atoms with van der Waals surface area (Å²) in [5.41, 5.74) is 0.744. The smallest absolute Gasteiger partial charge is 0.234 e. The van der Waals surface area contributed by atoms with Gasteiger partial charge in [0.05, 0.1) is 16.3 Å². The van der Waals surface area contributed by atoms with Crippen LogP contribution in [0.1, 0.15) is 25.2 Å². The van der Waals surface area contributed by atoms with Crippen LogP contribution in [-0.2, 0) is 6.42 Å². The first-order valence-corrected chi connectivity index (χ1v) is 7.88. The Labute approximate surface area is 138 Å². The van der Waals surface area contributed by atoms with E-state index in [2.05, 4.69) is 4.99 Å². The Bertz CT molecular complexity index is 1130. The van der Waals surface area contributed by atoms with Gasteiger partial charge in [-0.25, -0.2) is 0 Å². The van der Waals surface area contributed by atoms with Crippen molar-refractivity contribution in [3.63, 3.8) is 0 Å². The third kappa shape index (κ3) is 2.40. The fourth-order valence-electron chi connectivity index (χ4n) is 3.12. The van der Waals surface area contributed by atoms with Gasteiger partial charge >= 0.3 is 0 Å². The van der Waals surface area contributed by atoms with Crippen LogP contribution >= 0.6 is 0 Å². The second-order valence-corrected chi connectivity index (χ2v) is 6.68. The van der Waals surface area contributed by atoms with E-state index in [1.807, 2.05) is 56.3 Å². The second kappa shape index (κ2) is 5.06. The van der Waals surface area contributed by atoms with E-state index in [1.165, 1.54) is 0 Å². The fraction of sp³-hybridized carbons (Fsp3) is 0.200. The molecule has 1 N–H and O–H groups in total. The molecule has 0 aliphatic carbocycles. The predicted molar refractivity (Wildman–Crippen MR) is 92.7 cm³/mol. The van der Waals surface area contributed by atoms with Crippen molar-refractivity contribution in [1.29, 1.82) is 0 Å². The van der Waals surface area contributed by atoms with Gasteiger partial charge < -0.3 is 9.52 Å². The fourth-order valence-corrected chi connectivity index (χ4v) is 3.12. The number of aromatic hydroxyl groups is 1. The SMILES string of the molecule is CC1(C)C=c2cc3oc(Cc4ccccc4)c(O)c(=O)c3cc2=N1. The maximum absolute atomic E-state index is 12.5. The van der Waals surface area contributed by atoms with Gasteiger partial charge in [0.2, 0.25) is 11.2 Å². The van der Waals surface area contributed by atoms with Gasteiger partial charge in [-0.1, -0.05) is 30.3 Å². The second-order valence-electron chi connectivity index (χ2n) is 6.68. The van der Waals surface area contributed by atoms with Crippen molar-refractivity contribution in [2.24, 2.45) is 4.99 Å². The lowest BCUT2D eigenvalue weighted by Gasteiger charge is -2.07. The summed E-state index contributed by atoms with van der Waals surface area (Å²) in [5.74, 6) is -0.0413. The minimum Gasteiger partial charge on any atom is -0.502 e. The zero-order valence-corrected chi connectivity index (χ0v) is 13.5. The Morgan fingerprint density at radius 2 is 1.92 bits per heavy atom. The molecule has 4 nitrogen and oxygen atoms in total. The van der Waals surface area contributed by atoms with Gasteiger partial charge in [0.1, 0.15) is 5.58 Å². The van der Waals surface area contributed by atoms with Crippen molar-refractivity contribution in [2.45, 2.75) is 25.8 Å². The summed E-state index contributed by atoms with van der Waals surface area (Å²) in [7, 11) is 0. The number of benzene rings is 2. The Hall–Kier alpha value is -2.88. The van der Waals surface area contributed by atoms with Crippen LogP contribution in [0.5, 0.6) is 5.75 Å². The lowest BCUT2D eigenvalue weighted by Crippen LogP contribution is -2.22. The van der Waals surface area contributed by atoms with Crippen molar-refractivity contribution in [1.82, 2.24) is 0 Å². The molecule has 0 saturated heterocycles. The summed E-state index contributed by atoms with van der Waals surface area (Å²) in [6.45, 7) is 4.01. The average molecular weight is 319 g/mol. The monoisotopic (exact) mass is 319 g/mol. The zero-order valence-electron chi connectivity index (χ0n) is 13.5. The highest BCUT2D eigenvalue weighted by molar-refractivity contribution is 5.78. The number of rotatable bonds is 2. The Morgan fingerprint density at radius 3 is 2.67 bits per heavy atom. The Balaban J connectivity index is 1.94. The quantitative estimate of drug-likeness (QED) is 0.788. The van der Waals surface area contributed by atoms with Gasteiger partial charge in [-0.3, -0.25) is 9.79 Å². The molecule has 0 fully saturated rings. The summed E-state index contributed by atoms with van der Waals surface area (Å²) in [4.78, 5) is 17.1. The van der Waals surface area contributed by atoms with Crippen LogP contribution in [0.2, 0.25) is 0 Å². The van der Waals surface area contributed by atoms with Gasteiger partial charge in [0, 0.05) is 11.6 Å². The molecule has 1 aliphatic rings. The van der Waals surface area contributed by atoms with Crippen molar-refractivity contribution in [2.75, 3.05) is 0 Å². The zero-order chi connectivity index (χ0) is 16.9. The molecule has 0 bridgehead atoms. The molecule has 2 heterocycles. The summed E-state index contributed by atoms with van der Waals surface area (Å²) in [6, 6.07) is 13.1. The summed E-state index contributed by atoms with van der Waals surface area (Å²) >= 11 is 0. The summed E-state index contributed by atoms with van der Waals surface area (Å²) < 4.78 is 5.86. The normalized spacial score (nSPS) is 14.9. The Morgan fingerprint density at radius 1 is 1.17 bits per heavy atom. The van der Waals surface area contributed by atoms with Crippen LogP contribution in [0.3, 0.4) is 0 Å². The highest BCUT2D eigenvalue weighted by Crippen LogP contribution is 2.22. The van der Waals surface area contributed by atoms with E-state index in [-0.39, 0.29) is 17.0 Å². The number of fused-ring (bicyclic) bond motifs is 2. The van der Waals surface area contributed by atoms with Crippen LogP contribution in [0.15, 0.2) is 56.7 Å². The van der Waals surface area contributed by atoms with Gasteiger partial charge in [-0.2, -0.15) is 0 Å². The van der Waals surface area contributed by atoms with E-state index in [1.54, 1.807) is 6.07 Å². The maximum Gasteiger partial charge on any atom is 0.234 e. The molecule has 2 aromatic carbocycles. The minimum atomic E-state index is -0.412. The highest BCUT2D eigenvalue weighted by Gasteiger charge is 2.19. The average Bonchev–Trinajstić information content (AvgIpc) is 2.85. The molecule has 1 aromatic heterocycles. The van der Waals surface area contributed by atoms with Crippen molar-refractivity contribution in [3.05, 3.63) is 74.6 Å². The molecule has 0 atom stereocenters. The topological polar surface area (TPSA) is 62.8 Å². The van der Waals surface area contributed by atoms with Gasteiger partial charge in [0.15, 0.2) is 5.76 Å². The number of hydrogen-bond acceptors (Lipinski definition) is 4. The van der Waals surface area contributed by atoms with Gasteiger partial charge in [-0.15, -0.1) is 0 Å². The molecule has 4 heteroatoms. The molecule has 1 aliphatic heterocycles. The molecule has 0 saturated carbocycles. The standard InChI is InChI=1S/C20H17NO3/c1-20(2)11-13-9-16-14(10-15(13)21-20)18(22)19(23)17(24-16)8-12-6-4-3-5-7-12/h3-7,9-11,23H,8H2,1-2H3. The van der Waals surface area contributed by atoms with E-state index in [0.29, 0.717) is 17.4 Å². The van der Waals surface area contributed by atoms with Gasteiger partial charge in [-0.05, 0) is 37.6 Å². The first-order chi connectivity index (χ1) is 11.4. The first kappa shape index (κ1) is 14.7. The van der Waals surface area contributed by atoms with E-state index in [9.17, 15) is 9.90 Å². The molecular weight excluding hydrogens is 302 g/mol. The summed E-state index contributed by atoms with van der Waals surface area (Å²) in [5, 5.41) is 12.3. The number of hydrogen-bond donors (Lipinski definition) is 1. The largest absolute Gasteiger partial charge is 0.502 e. The molecule has 120 valence electrons. The first-order valence-electron chi connectivity index (χ1n) is 7.88. The van der Waals surface area contributed by atoms with E-state index < -0.39 is 5.43 Å². The third-order valence-electron chi connectivity index (χ3n) is 4.21. The number of nitrogens with zero attached hydrogens (tertiary/aromatic N) is 1. The van der Waals surface area contributed by atoms with Crippen molar-refractivity contribution in [3.8, 4) is 5.75 Å². The van der Waals surface area contributed by atoms with E-state index in [4.69, 9.17) is 4.42 Å². The molecule has 4 rings (SSSR count). The van der Waals surface area contributed by atoms with Gasteiger partial charge in [0.25, 0.3) is 0 Å². The van der Waals surface area contributed by atoms with E-state index in [0.717, 1.165) is 16.1 Å². The molecule has 0 radical (unpaired) electrons. The molecule has 3 aromatic rings. The molecule has 24 heavy (non-hydrogen) atoms. The lowest BCUT2D eigenvalue weighted by molar-refractivity contribution is 0.421. The van der Waals surface area contributed by atoms with Crippen LogP contribution in [0, 0.1) is 0 Å². The molecular formula is C20H17NO3. The third-order valence-corrected chi connectivity index (χ3v) is 4.21. The minimum absolute atomic E-state index is 0.285. The summed E-state index contributed by atoms with van der Waals surface area (Å²) in [6.07, 6.45) is 2.42. The lowest BCUT2D eigenvalue weighted by atomic mass is 10.1. The van der Waals surface area contributed by atoms with Crippen molar-refractivity contribution < 1.29 is 9.52 Å². The van der Waals surface area contributed by atoms with Crippen LogP contribution in [-0.4, -0.2) is 10.6 Å². The van der Waals surface area contributed by atoms with Crippen LogP contribution < -0.4 is 16.0 Å².